The van der Waals surface area contributed by atoms with Crippen LogP contribution in [0.1, 0.15) is 150 Å². The second kappa shape index (κ2) is 23.6. The lowest BCUT2D eigenvalue weighted by Crippen LogP contribution is -2.42. The molecule has 74 heavy (non-hydrogen) atoms. The molecule has 2 amide bonds. The van der Waals surface area contributed by atoms with Crippen LogP contribution < -0.4 is 0 Å². The zero-order valence-electron chi connectivity index (χ0n) is 43.7. The molecule has 2 aliphatic carbocycles. The number of nitrogens with zero attached hydrogens (tertiary/aromatic N) is 6. The molecule has 2 saturated heterocycles. The fourth-order valence-electron chi connectivity index (χ4n) is 10.8. The average Bonchev–Trinajstić information content (AvgIpc) is 3.77. The van der Waals surface area contributed by atoms with E-state index in [2.05, 4.69) is 52.0 Å². The summed E-state index contributed by atoms with van der Waals surface area (Å²) < 4.78 is 41.1. The summed E-state index contributed by atoms with van der Waals surface area (Å²) in [5.74, 6) is 0.844. The van der Waals surface area contributed by atoms with Crippen LogP contribution in [0.2, 0.25) is 10.0 Å². The minimum atomic E-state index is -3.48. The number of piperidine rings is 2. The molecule has 3 aromatic heterocycles. The number of likely N-dealkylation sites (tertiary alicyclic amines) is 2. The van der Waals surface area contributed by atoms with Crippen LogP contribution in [-0.2, 0) is 30.3 Å². The molecule has 2 unspecified atom stereocenters. The lowest BCUT2D eigenvalue weighted by molar-refractivity contribution is 0.0167. The molecule has 0 radical (unpaired) electrons. The molecule has 0 saturated carbocycles. The molecular weight excluding hydrogens is 996 g/mol. The highest BCUT2D eigenvalue weighted by Gasteiger charge is 2.38. The van der Waals surface area contributed by atoms with Crippen LogP contribution >= 0.6 is 23.2 Å². The summed E-state index contributed by atoms with van der Waals surface area (Å²) in [7, 11) is -3.48. The number of rotatable bonds is 11. The van der Waals surface area contributed by atoms with Gasteiger partial charge in [0.15, 0.2) is 0 Å². The first-order valence-electron chi connectivity index (χ1n) is 25.9. The molecule has 2 fully saturated rings. The third-order valence-corrected chi connectivity index (χ3v) is 15.1. The maximum absolute atomic E-state index is 12.7. The summed E-state index contributed by atoms with van der Waals surface area (Å²) in [6, 6.07) is 20.5. The first kappa shape index (κ1) is 54.7. The summed E-state index contributed by atoms with van der Waals surface area (Å²) in [5.41, 5.74) is 10.4. The van der Waals surface area contributed by atoms with Gasteiger partial charge in [0, 0.05) is 79.4 Å². The molecule has 16 heteroatoms. The molecule has 0 N–H and O–H groups in total. The molecule has 13 nitrogen and oxygen atoms in total. The van der Waals surface area contributed by atoms with Crippen LogP contribution in [-0.4, -0.2) is 100 Å². The zero-order chi connectivity index (χ0) is 52.8. The molecule has 0 spiro atoms. The summed E-state index contributed by atoms with van der Waals surface area (Å²) in [4.78, 5) is 43.0. The van der Waals surface area contributed by atoms with E-state index in [1.54, 1.807) is 4.90 Å². The van der Waals surface area contributed by atoms with Gasteiger partial charge in [-0.3, -0.25) is 14.2 Å². The van der Waals surface area contributed by atoms with Crippen LogP contribution in [0.4, 0.5) is 9.59 Å². The second-order valence-electron chi connectivity index (χ2n) is 21.9. The minimum absolute atomic E-state index is 0.0465. The third-order valence-electron chi connectivity index (χ3n) is 14.0. The van der Waals surface area contributed by atoms with E-state index < -0.39 is 21.3 Å². The van der Waals surface area contributed by atoms with Gasteiger partial charge < -0.3 is 23.8 Å². The number of hydrogen-bond acceptors (Lipinski definition) is 10. The van der Waals surface area contributed by atoms with Gasteiger partial charge in [-0.25, -0.2) is 14.6 Å². The Bertz CT molecular complexity index is 2950. The summed E-state index contributed by atoms with van der Waals surface area (Å²) in [5, 5.41) is 1.40. The van der Waals surface area contributed by atoms with Crippen molar-refractivity contribution in [3.05, 3.63) is 147 Å². The topological polar surface area (TPSA) is 146 Å². The Morgan fingerprint density at radius 1 is 0.662 bits per heavy atom. The van der Waals surface area contributed by atoms with E-state index >= 15 is 0 Å². The van der Waals surface area contributed by atoms with Crippen molar-refractivity contribution >= 4 is 68.8 Å². The number of amides is 2. The number of aryl methyl sites for hydroxylation is 1. The number of carbonyl (C=O) groups excluding carboxylic acids is 2. The predicted octanol–water partition coefficient (Wildman–Crippen LogP) is 13.2. The normalized spacial score (nSPS) is 18.2. The monoisotopic (exact) mass is 1060 g/mol. The molecule has 2 aliphatic heterocycles. The van der Waals surface area contributed by atoms with Gasteiger partial charge in [-0.05, 0) is 186 Å². The van der Waals surface area contributed by atoms with Gasteiger partial charge in [-0.2, -0.15) is 8.42 Å². The van der Waals surface area contributed by atoms with Gasteiger partial charge in [-0.1, -0.05) is 59.6 Å². The summed E-state index contributed by atoms with van der Waals surface area (Å²) in [6.45, 7) is 15.1. The van der Waals surface area contributed by atoms with Gasteiger partial charge >= 0.3 is 12.2 Å². The number of aromatic nitrogens is 4. The second-order valence-corrected chi connectivity index (χ2v) is 24.4. The lowest BCUT2D eigenvalue weighted by atomic mass is 9.76. The number of halogens is 2. The van der Waals surface area contributed by atoms with Crippen molar-refractivity contribution in [2.24, 2.45) is 11.8 Å². The fraction of sp³-hybridized carbons (Fsp3) is 0.466. The standard InChI is InChI=1S/C30H35ClN4O2.C28H35ClN2O5S/c1-30(2,3)37-29(36)35-15-10-21(11-16-35)27-25-9-8-24(31)19-23(25)18-22(26-7-4-12-33-28(26)27)6-5-14-34-17-13-32-20-34;1-28(2,3)36-27(32)31-14-11-19(12-15-31)25-23-10-9-22(29)18-21(23)17-20(7-6-16-35-37(4,33)34)24-8-5-13-30-26(24)25/h4,7-9,12-13,17-21,27H,5-6,10-11,14-16H2,1-3H3;5,8-10,13,17-19,25H,6-7,11-12,14-16H2,1-4H3. The van der Waals surface area contributed by atoms with Crippen molar-refractivity contribution in [3.63, 3.8) is 0 Å². The van der Waals surface area contributed by atoms with Crippen molar-refractivity contribution < 1.29 is 31.7 Å². The van der Waals surface area contributed by atoms with E-state index in [1.165, 1.54) is 27.8 Å². The highest BCUT2D eigenvalue weighted by molar-refractivity contribution is 7.85. The Hall–Kier alpha value is -5.54. The number of imidazole rings is 1. The number of fused-ring (bicyclic) bond motifs is 4. The van der Waals surface area contributed by atoms with E-state index in [-0.39, 0.29) is 36.5 Å². The van der Waals surface area contributed by atoms with E-state index in [4.69, 9.17) is 46.8 Å². The van der Waals surface area contributed by atoms with Crippen LogP contribution in [0.5, 0.6) is 0 Å². The maximum atomic E-state index is 12.7. The Morgan fingerprint density at radius 2 is 1.12 bits per heavy atom. The van der Waals surface area contributed by atoms with E-state index in [9.17, 15) is 18.0 Å². The highest BCUT2D eigenvalue weighted by Crippen LogP contribution is 2.47. The third kappa shape index (κ3) is 14.2. The molecule has 4 aliphatic rings. The molecule has 5 aromatic rings. The van der Waals surface area contributed by atoms with Crippen LogP contribution in [0.15, 0.2) is 91.8 Å². The Labute approximate surface area is 447 Å². The summed E-state index contributed by atoms with van der Waals surface area (Å²) in [6.07, 6.45) is 21.1. The van der Waals surface area contributed by atoms with Crippen molar-refractivity contribution in [1.29, 1.82) is 0 Å². The van der Waals surface area contributed by atoms with Crippen LogP contribution in [0.3, 0.4) is 0 Å². The first-order valence-corrected chi connectivity index (χ1v) is 28.4. The highest BCUT2D eigenvalue weighted by atomic mass is 35.5. The number of benzene rings is 2. The van der Waals surface area contributed by atoms with Crippen LogP contribution in [0.25, 0.3) is 23.3 Å². The summed E-state index contributed by atoms with van der Waals surface area (Å²) >= 11 is 12.9. The molecule has 0 bridgehead atoms. The van der Waals surface area contributed by atoms with Gasteiger partial charge in [0.25, 0.3) is 10.1 Å². The van der Waals surface area contributed by atoms with Crippen molar-refractivity contribution in [1.82, 2.24) is 29.3 Å². The van der Waals surface area contributed by atoms with Crippen molar-refractivity contribution in [2.75, 3.05) is 39.0 Å². The molecule has 394 valence electrons. The number of pyridine rings is 2. The minimum Gasteiger partial charge on any atom is -0.444 e. The first-order chi connectivity index (χ1) is 35.2. The number of hydrogen-bond donors (Lipinski definition) is 0. The maximum Gasteiger partial charge on any atom is 0.410 e. The quantitative estimate of drug-likeness (QED) is 0.0925. The van der Waals surface area contributed by atoms with Gasteiger partial charge in [0.2, 0.25) is 0 Å². The number of ether oxygens (including phenoxy) is 2. The smallest absolute Gasteiger partial charge is 0.410 e. The Kier molecular flexibility index (Phi) is 17.4. The lowest BCUT2D eigenvalue weighted by Gasteiger charge is -2.37. The van der Waals surface area contributed by atoms with Gasteiger partial charge in [-0.15, -0.1) is 0 Å². The van der Waals surface area contributed by atoms with Crippen molar-refractivity contribution in [3.8, 4) is 0 Å². The van der Waals surface area contributed by atoms with Gasteiger partial charge in [0.1, 0.15) is 11.2 Å². The average molecular weight is 1070 g/mol. The van der Waals surface area contributed by atoms with Crippen LogP contribution in [0, 0.1) is 11.8 Å². The van der Waals surface area contributed by atoms with E-state index in [0.717, 1.165) is 84.4 Å². The fourth-order valence-corrected chi connectivity index (χ4v) is 11.6. The Morgan fingerprint density at radius 3 is 1.54 bits per heavy atom. The molecule has 9 rings (SSSR count). The zero-order valence-corrected chi connectivity index (χ0v) is 46.1. The number of allylic oxidation sites excluding steroid dienone is 2. The molecule has 5 heterocycles. The molecular formula is C58H70Cl2N6O7S. The number of carbonyl (C=O) groups is 2. The molecule has 2 aromatic carbocycles. The molecule has 2 atom stereocenters. The van der Waals surface area contributed by atoms with Crippen molar-refractivity contribution in [2.45, 2.75) is 122 Å². The van der Waals surface area contributed by atoms with E-state index in [1.807, 2.05) is 108 Å². The van der Waals surface area contributed by atoms with E-state index in [0.29, 0.717) is 50.0 Å². The predicted molar refractivity (Wildman–Crippen MR) is 293 cm³/mol. The largest absolute Gasteiger partial charge is 0.444 e. The van der Waals surface area contributed by atoms with Gasteiger partial charge in [0.05, 0.1) is 30.6 Å². The SMILES string of the molecule is CC(C)(C)OC(=O)N1CCC(C2c3ccc(Cl)cc3C=C(CCCOS(C)(=O)=O)c3cccnc32)CC1.CC(C)(C)OC(=O)N1CCC(C2c3ccc(Cl)cc3C=C(CCCn3ccnc3)c3cccnc32)CC1. The Balaban J connectivity index is 0.000000197.